The highest BCUT2D eigenvalue weighted by atomic mass is 16.5. The second-order valence-electron chi connectivity index (χ2n) is 10.8. The molecular formula is C34H33N7O3. The number of benzene rings is 2. The smallest absolute Gasteiger partial charge is 0.407 e. The number of aromatic amines is 2. The minimum atomic E-state index is -0.864. The number of carbonyl (C=O) groups excluding carboxylic acids is 2. The standard InChI is InChI=1S/C34H33N7O3/c1-44-34(43)40-30(25-7-3-2-4-8-25)33(42)41-20-6-10-29(41)32-37-22-27(39-32)18-16-24-13-11-23(12-14-24)15-17-26-21-36-31(38-26)28-9-5-19-35-28/h2-4,7-8,11-14,21-22,28-30,35H,5-6,9-10,19-20H2,1H3,(H,36,38)(H,37,39)(H,40,43)/t28-,29-,30+/m0/s1. The quantitative estimate of drug-likeness (QED) is 0.260. The van der Waals surface area contributed by atoms with Crippen LogP contribution in [0.25, 0.3) is 0 Å². The molecule has 2 fully saturated rings. The first-order valence-electron chi connectivity index (χ1n) is 14.7. The van der Waals surface area contributed by atoms with Crippen LogP contribution in [0.15, 0.2) is 67.0 Å². The molecule has 44 heavy (non-hydrogen) atoms. The highest BCUT2D eigenvalue weighted by molar-refractivity contribution is 5.87. The summed E-state index contributed by atoms with van der Waals surface area (Å²) in [5.74, 6) is 14.0. The summed E-state index contributed by atoms with van der Waals surface area (Å²) >= 11 is 0. The number of hydrogen-bond donors (Lipinski definition) is 4. The van der Waals surface area contributed by atoms with Gasteiger partial charge in [-0.3, -0.25) is 4.79 Å². The lowest BCUT2D eigenvalue weighted by molar-refractivity contribution is -0.134. The van der Waals surface area contributed by atoms with Gasteiger partial charge in [0.05, 0.1) is 31.6 Å². The van der Waals surface area contributed by atoms with E-state index in [2.05, 4.69) is 54.3 Å². The average molecular weight is 588 g/mol. The second kappa shape index (κ2) is 13.3. The summed E-state index contributed by atoms with van der Waals surface area (Å²) in [4.78, 5) is 43.1. The average Bonchev–Trinajstić information content (AvgIpc) is 3.89. The van der Waals surface area contributed by atoms with E-state index >= 15 is 0 Å². The fourth-order valence-corrected chi connectivity index (χ4v) is 5.57. The number of amides is 2. The second-order valence-corrected chi connectivity index (χ2v) is 10.8. The molecule has 3 atom stereocenters. The first kappa shape index (κ1) is 28.8. The summed E-state index contributed by atoms with van der Waals surface area (Å²) in [7, 11) is 1.28. The highest BCUT2D eigenvalue weighted by Crippen LogP contribution is 2.33. The maximum atomic E-state index is 13.7. The largest absolute Gasteiger partial charge is 0.453 e. The molecule has 2 aromatic heterocycles. The van der Waals surface area contributed by atoms with Crippen molar-refractivity contribution in [1.82, 2.24) is 35.5 Å². The molecule has 10 heteroatoms. The number of rotatable bonds is 5. The van der Waals surface area contributed by atoms with Crippen LogP contribution in [0.1, 0.15) is 83.5 Å². The number of imidazole rings is 2. The zero-order chi connectivity index (χ0) is 30.3. The van der Waals surface area contributed by atoms with E-state index in [4.69, 9.17) is 4.74 Å². The van der Waals surface area contributed by atoms with Crippen LogP contribution in [0.4, 0.5) is 4.79 Å². The number of methoxy groups -OCH3 is 1. The molecule has 4 heterocycles. The summed E-state index contributed by atoms with van der Waals surface area (Å²) in [5.41, 5.74) is 3.87. The Morgan fingerprint density at radius 2 is 1.55 bits per heavy atom. The van der Waals surface area contributed by atoms with Crippen LogP contribution in [0, 0.1) is 23.7 Å². The number of alkyl carbamates (subject to hydrolysis) is 1. The van der Waals surface area contributed by atoms with E-state index in [9.17, 15) is 9.59 Å². The van der Waals surface area contributed by atoms with Gasteiger partial charge in [0.2, 0.25) is 0 Å². The monoisotopic (exact) mass is 587 g/mol. The molecule has 0 saturated carbocycles. The van der Waals surface area contributed by atoms with Gasteiger partial charge in [-0.1, -0.05) is 42.2 Å². The van der Waals surface area contributed by atoms with Crippen LogP contribution in [-0.4, -0.2) is 57.0 Å². The first-order valence-corrected chi connectivity index (χ1v) is 14.7. The molecule has 4 aromatic rings. The van der Waals surface area contributed by atoms with Gasteiger partial charge in [-0.2, -0.15) is 0 Å². The molecule has 0 spiro atoms. The van der Waals surface area contributed by atoms with Crippen LogP contribution in [0.5, 0.6) is 0 Å². The SMILES string of the molecule is COC(=O)N[C@@H](C(=O)N1CCC[C@H]1c1ncc(C#Cc2ccc(C#Cc3cnc([C@@H]4CCCN4)[nH]3)cc2)[nH]1)c1ccccc1. The van der Waals surface area contributed by atoms with Gasteiger partial charge in [0, 0.05) is 17.7 Å². The molecule has 6 rings (SSSR count). The van der Waals surface area contributed by atoms with E-state index < -0.39 is 12.1 Å². The van der Waals surface area contributed by atoms with Crippen molar-refractivity contribution < 1.29 is 14.3 Å². The molecule has 0 radical (unpaired) electrons. The van der Waals surface area contributed by atoms with Crippen LogP contribution in [0.2, 0.25) is 0 Å². The maximum absolute atomic E-state index is 13.7. The van der Waals surface area contributed by atoms with Crippen LogP contribution >= 0.6 is 0 Å². The number of aromatic nitrogens is 4. The molecule has 2 saturated heterocycles. The van der Waals surface area contributed by atoms with Gasteiger partial charge >= 0.3 is 6.09 Å². The van der Waals surface area contributed by atoms with Gasteiger partial charge < -0.3 is 30.2 Å². The molecule has 222 valence electrons. The lowest BCUT2D eigenvalue weighted by Crippen LogP contribution is -2.42. The third-order valence-electron chi connectivity index (χ3n) is 7.83. The van der Waals surface area contributed by atoms with E-state index in [0.29, 0.717) is 23.6 Å². The van der Waals surface area contributed by atoms with Crippen LogP contribution in [0.3, 0.4) is 0 Å². The number of ether oxygens (including phenoxy) is 1. The van der Waals surface area contributed by atoms with Crippen molar-refractivity contribution in [3.05, 3.63) is 107 Å². The molecule has 2 aromatic carbocycles. The number of nitrogens with zero attached hydrogens (tertiary/aromatic N) is 3. The summed E-state index contributed by atoms with van der Waals surface area (Å²) < 4.78 is 4.78. The highest BCUT2D eigenvalue weighted by Gasteiger charge is 2.37. The first-order chi connectivity index (χ1) is 21.6. The van der Waals surface area contributed by atoms with Gasteiger partial charge in [0.1, 0.15) is 29.1 Å². The van der Waals surface area contributed by atoms with Crippen molar-refractivity contribution in [2.45, 2.75) is 43.8 Å². The van der Waals surface area contributed by atoms with Gasteiger partial charge in [0.25, 0.3) is 5.91 Å². The van der Waals surface area contributed by atoms with E-state index in [-0.39, 0.29) is 18.0 Å². The molecule has 4 N–H and O–H groups in total. The van der Waals surface area contributed by atoms with Crippen molar-refractivity contribution in [1.29, 1.82) is 0 Å². The summed E-state index contributed by atoms with van der Waals surface area (Å²) in [6.45, 7) is 1.59. The molecule has 2 amide bonds. The maximum Gasteiger partial charge on any atom is 0.407 e. The number of hydrogen-bond acceptors (Lipinski definition) is 6. The molecule has 0 aliphatic carbocycles. The minimum absolute atomic E-state index is 0.213. The molecule has 0 bridgehead atoms. The summed E-state index contributed by atoms with van der Waals surface area (Å²) in [6.07, 6.45) is 6.64. The Balaban J connectivity index is 1.11. The van der Waals surface area contributed by atoms with E-state index in [0.717, 1.165) is 54.9 Å². The van der Waals surface area contributed by atoms with Gasteiger partial charge in [-0.25, -0.2) is 14.8 Å². The fourth-order valence-electron chi connectivity index (χ4n) is 5.57. The van der Waals surface area contributed by atoms with E-state index in [1.807, 2.05) is 54.6 Å². The predicted octanol–water partition coefficient (Wildman–Crippen LogP) is 4.12. The predicted molar refractivity (Wildman–Crippen MR) is 164 cm³/mol. The fraction of sp³-hybridized carbons (Fsp3) is 0.294. The topological polar surface area (TPSA) is 128 Å². The Morgan fingerprint density at radius 3 is 2.18 bits per heavy atom. The summed E-state index contributed by atoms with van der Waals surface area (Å²) in [6, 6.07) is 16.1. The third kappa shape index (κ3) is 6.67. The van der Waals surface area contributed by atoms with E-state index in [1.165, 1.54) is 7.11 Å². The van der Waals surface area contributed by atoms with Crippen molar-refractivity contribution in [2.75, 3.05) is 20.2 Å². The normalized spacial score (nSPS) is 18.1. The molecule has 0 unspecified atom stereocenters. The Hall–Kier alpha value is -5.32. The van der Waals surface area contributed by atoms with Crippen LogP contribution in [-0.2, 0) is 9.53 Å². The van der Waals surface area contributed by atoms with Crippen molar-refractivity contribution in [3.63, 3.8) is 0 Å². The molecule has 2 aliphatic heterocycles. The minimum Gasteiger partial charge on any atom is -0.453 e. The third-order valence-corrected chi connectivity index (χ3v) is 7.83. The number of nitrogens with one attached hydrogen (secondary N) is 4. The number of carbonyl (C=O) groups is 2. The lowest BCUT2D eigenvalue weighted by Gasteiger charge is -2.28. The van der Waals surface area contributed by atoms with Crippen molar-refractivity contribution in [2.24, 2.45) is 0 Å². The van der Waals surface area contributed by atoms with Gasteiger partial charge in [-0.05, 0) is 73.9 Å². The van der Waals surface area contributed by atoms with Gasteiger partial charge in [-0.15, -0.1) is 0 Å². The van der Waals surface area contributed by atoms with Gasteiger partial charge in [0.15, 0.2) is 0 Å². The molecular weight excluding hydrogens is 554 g/mol. The number of H-pyrrole nitrogens is 2. The zero-order valence-corrected chi connectivity index (χ0v) is 24.4. The van der Waals surface area contributed by atoms with Crippen molar-refractivity contribution in [3.8, 4) is 23.7 Å². The number of likely N-dealkylation sites (tertiary alicyclic amines) is 1. The molecule has 10 nitrogen and oxygen atoms in total. The van der Waals surface area contributed by atoms with E-state index in [1.54, 1.807) is 17.3 Å². The summed E-state index contributed by atoms with van der Waals surface area (Å²) in [5, 5.41) is 6.12. The Morgan fingerprint density at radius 1 is 0.886 bits per heavy atom. The lowest BCUT2D eigenvalue weighted by atomic mass is 10.1. The Bertz CT molecular complexity index is 1730. The Labute approximate surface area is 256 Å². The Kier molecular flexibility index (Phi) is 8.72. The van der Waals surface area contributed by atoms with Crippen LogP contribution < -0.4 is 10.6 Å². The zero-order valence-electron chi connectivity index (χ0n) is 24.4. The van der Waals surface area contributed by atoms with Crippen molar-refractivity contribution >= 4 is 12.0 Å². The molecule has 2 aliphatic rings.